The zero-order chi connectivity index (χ0) is 19.2. The zero-order valence-corrected chi connectivity index (χ0v) is 16.1. The number of benzene rings is 1. The highest BCUT2D eigenvalue weighted by atomic mass is 16.2. The van der Waals surface area contributed by atoms with E-state index in [1.165, 1.54) is 19.3 Å². The molecule has 5 heteroatoms. The molecule has 0 unspecified atom stereocenters. The molecule has 2 aromatic heterocycles. The highest BCUT2D eigenvalue weighted by Gasteiger charge is 2.13. The molecule has 0 radical (unpaired) electrons. The van der Waals surface area contributed by atoms with Crippen LogP contribution in [0.4, 0.5) is 0 Å². The highest BCUT2D eigenvalue weighted by molar-refractivity contribution is 5.78. The van der Waals surface area contributed by atoms with E-state index < -0.39 is 0 Å². The van der Waals surface area contributed by atoms with Gasteiger partial charge in [-0.1, -0.05) is 43.5 Å². The second-order valence-corrected chi connectivity index (χ2v) is 7.37. The molecule has 0 N–H and O–H groups in total. The molecule has 1 aromatic carbocycles. The fraction of sp³-hybridized carbons (Fsp3) is 0.348. The average molecular weight is 374 g/mol. The molecule has 0 aliphatic heterocycles. The van der Waals surface area contributed by atoms with Crippen molar-refractivity contribution in [2.75, 3.05) is 0 Å². The van der Waals surface area contributed by atoms with E-state index in [4.69, 9.17) is 4.99 Å². The summed E-state index contributed by atoms with van der Waals surface area (Å²) in [4.78, 5) is 17.7. The number of carbonyl (C=O) groups is 1. The monoisotopic (exact) mass is 374 g/mol. The van der Waals surface area contributed by atoms with Gasteiger partial charge in [0, 0.05) is 18.8 Å². The Bertz CT molecular complexity index is 981. The average Bonchev–Trinajstić information content (AvgIpc) is 3.23. The summed E-state index contributed by atoms with van der Waals surface area (Å²) in [6.07, 6.45) is 12.8. The number of nitrogens with zero attached hydrogens (tertiary/aromatic N) is 4. The molecular weight excluding hydrogens is 348 g/mol. The first kappa shape index (κ1) is 18.4. The van der Waals surface area contributed by atoms with Crippen molar-refractivity contribution in [1.29, 1.82) is 0 Å². The van der Waals surface area contributed by atoms with Crippen LogP contribution in [0.3, 0.4) is 0 Å². The van der Waals surface area contributed by atoms with Gasteiger partial charge in [-0.2, -0.15) is 5.10 Å². The number of aromatic nitrogens is 3. The van der Waals surface area contributed by atoms with Gasteiger partial charge in [0.05, 0.1) is 17.9 Å². The number of rotatable bonds is 5. The van der Waals surface area contributed by atoms with Crippen molar-refractivity contribution in [3.05, 3.63) is 78.2 Å². The fourth-order valence-electron chi connectivity index (χ4n) is 3.73. The maximum absolute atomic E-state index is 12.8. The van der Waals surface area contributed by atoms with Crippen LogP contribution in [0, 0.1) is 0 Å². The molecule has 0 bridgehead atoms. The van der Waals surface area contributed by atoms with E-state index in [0.29, 0.717) is 18.9 Å². The summed E-state index contributed by atoms with van der Waals surface area (Å²) < 4.78 is 3.55. The first-order chi connectivity index (χ1) is 13.8. The van der Waals surface area contributed by atoms with Crippen molar-refractivity contribution in [3.8, 4) is 5.69 Å². The Labute approximate surface area is 165 Å². The van der Waals surface area contributed by atoms with E-state index in [0.717, 1.165) is 29.6 Å². The van der Waals surface area contributed by atoms with Crippen LogP contribution in [-0.4, -0.2) is 26.3 Å². The highest BCUT2D eigenvalue weighted by Crippen LogP contribution is 2.19. The largest absolute Gasteiger partial charge is 0.274 e. The third-order valence-electron chi connectivity index (χ3n) is 5.28. The lowest BCUT2D eigenvalue weighted by atomic mass is 9.96. The van der Waals surface area contributed by atoms with Crippen molar-refractivity contribution >= 4 is 5.91 Å². The summed E-state index contributed by atoms with van der Waals surface area (Å²) in [7, 11) is 0. The van der Waals surface area contributed by atoms with Gasteiger partial charge in [-0.25, -0.2) is 4.68 Å². The molecule has 3 aromatic rings. The van der Waals surface area contributed by atoms with E-state index in [9.17, 15) is 4.79 Å². The van der Waals surface area contributed by atoms with Crippen LogP contribution >= 0.6 is 0 Å². The van der Waals surface area contributed by atoms with Gasteiger partial charge in [0.25, 0.3) is 0 Å². The Balaban J connectivity index is 1.45. The zero-order valence-electron chi connectivity index (χ0n) is 16.1. The fourth-order valence-corrected chi connectivity index (χ4v) is 3.73. The van der Waals surface area contributed by atoms with Crippen molar-refractivity contribution in [1.82, 2.24) is 14.3 Å². The molecule has 4 rings (SSSR count). The Morgan fingerprint density at radius 1 is 1.04 bits per heavy atom. The summed E-state index contributed by atoms with van der Waals surface area (Å²) in [6, 6.07) is 16.1. The molecule has 0 atom stereocenters. The van der Waals surface area contributed by atoms with Crippen molar-refractivity contribution in [3.63, 3.8) is 0 Å². The van der Waals surface area contributed by atoms with Gasteiger partial charge >= 0.3 is 0 Å². The second-order valence-electron chi connectivity index (χ2n) is 7.37. The third kappa shape index (κ3) is 4.47. The lowest BCUT2D eigenvalue weighted by Gasteiger charge is -2.17. The van der Waals surface area contributed by atoms with E-state index in [2.05, 4.69) is 5.10 Å². The molecule has 1 saturated carbocycles. The first-order valence-electron chi connectivity index (χ1n) is 10.1. The first-order valence-corrected chi connectivity index (χ1v) is 10.1. The molecule has 5 nitrogen and oxygen atoms in total. The Morgan fingerprint density at radius 3 is 2.64 bits per heavy atom. The summed E-state index contributed by atoms with van der Waals surface area (Å²) in [5.41, 5.74) is 2.85. The Kier molecular flexibility index (Phi) is 5.80. The van der Waals surface area contributed by atoms with Crippen LogP contribution in [-0.2, 0) is 6.42 Å². The van der Waals surface area contributed by atoms with E-state index in [-0.39, 0.29) is 5.91 Å². The number of carbonyl (C=O) groups excluding carboxylic acids is 1. The number of pyridine rings is 1. The molecule has 1 aliphatic rings. The topological polar surface area (TPSA) is 52.2 Å². The standard InChI is InChI=1S/C23H26N4O/c28-23(15-14-19-17-24-27(18-19)21-11-5-2-6-12-21)26-16-8-7-13-22(26)25-20-9-3-1-4-10-20/h2,5-8,11-13,16-18,20H,1,3-4,9-10,14-15H2. The van der Waals surface area contributed by atoms with Gasteiger partial charge < -0.3 is 0 Å². The Morgan fingerprint density at radius 2 is 1.82 bits per heavy atom. The maximum Gasteiger partial charge on any atom is 0.232 e. The normalized spacial score (nSPS) is 15.6. The lowest BCUT2D eigenvalue weighted by Crippen LogP contribution is -2.29. The molecule has 0 spiro atoms. The summed E-state index contributed by atoms with van der Waals surface area (Å²) in [5, 5.41) is 4.41. The number of para-hydroxylation sites is 1. The molecule has 28 heavy (non-hydrogen) atoms. The predicted octanol–water partition coefficient (Wildman–Crippen LogP) is 4.18. The van der Waals surface area contributed by atoms with Crippen LogP contribution in [0.1, 0.15) is 48.9 Å². The predicted molar refractivity (Wildman–Crippen MR) is 109 cm³/mol. The Hall–Kier alpha value is -2.95. The van der Waals surface area contributed by atoms with Crippen LogP contribution in [0.5, 0.6) is 0 Å². The molecule has 2 heterocycles. The smallest absolute Gasteiger partial charge is 0.232 e. The van der Waals surface area contributed by atoms with Gasteiger partial charge in [0.2, 0.25) is 5.91 Å². The molecule has 0 amide bonds. The minimum Gasteiger partial charge on any atom is -0.274 e. The summed E-state index contributed by atoms with van der Waals surface area (Å²) in [5.74, 6) is 0.0719. The van der Waals surface area contributed by atoms with Crippen molar-refractivity contribution < 1.29 is 4.79 Å². The van der Waals surface area contributed by atoms with Crippen molar-refractivity contribution in [2.24, 2.45) is 4.99 Å². The lowest BCUT2D eigenvalue weighted by molar-refractivity contribution is 0.0897. The van der Waals surface area contributed by atoms with Gasteiger partial charge in [0.15, 0.2) is 0 Å². The van der Waals surface area contributed by atoms with Crippen LogP contribution in [0.25, 0.3) is 5.69 Å². The quantitative estimate of drug-likeness (QED) is 0.673. The summed E-state index contributed by atoms with van der Waals surface area (Å²) in [6.45, 7) is 0. The second kappa shape index (κ2) is 8.83. The van der Waals surface area contributed by atoms with E-state index in [1.807, 2.05) is 71.8 Å². The molecule has 1 aliphatic carbocycles. The van der Waals surface area contributed by atoms with Crippen molar-refractivity contribution in [2.45, 2.75) is 51.0 Å². The molecular formula is C23H26N4O. The minimum absolute atomic E-state index is 0.0719. The van der Waals surface area contributed by atoms with Crippen LogP contribution < -0.4 is 5.49 Å². The third-order valence-corrected chi connectivity index (χ3v) is 5.28. The van der Waals surface area contributed by atoms with Crippen LogP contribution in [0.2, 0.25) is 0 Å². The van der Waals surface area contributed by atoms with Crippen LogP contribution in [0.15, 0.2) is 72.1 Å². The molecule has 0 saturated heterocycles. The maximum atomic E-state index is 12.8. The van der Waals surface area contributed by atoms with Gasteiger partial charge in [0.1, 0.15) is 5.49 Å². The number of hydrogen-bond acceptors (Lipinski definition) is 3. The van der Waals surface area contributed by atoms with Gasteiger partial charge in [-0.15, -0.1) is 0 Å². The van der Waals surface area contributed by atoms with E-state index >= 15 is 0 Å². The van der Waals surface area contributed by atoms with E-state index in [1.54, 1.807) is 4.57 Å². The van der Waals surface area contributed by atoms with Gasteiger partial charge in [-0.3, -0.25) is 14.4 Å². The molecule has 144 valence electrons. The SMILES string of the molecule is O=C(CCc1cnn(-c2ccccc2)c1)n1ccccc1=NC1CCCCC1. The minimum atomic E-state index is 0.0719. The van der Waals surface area contributed by atoms with Gasteiger partial charge in [-0.05, 0) is 49.1 Å². The number of aryl methyl sites for hydroxylation is 1. The number of hydrogen-bond donors (Lipinski definition) is 0. The molecule has 1 fully saturated rings. The summed E-state index contributed by atoms with van der Waals surface area (Å²) >= 11 is 0.